The quantitative estimate of drug-likeness (QED) is 0.215. The number of rotatable bonds is 6. The van der Waals surface area contributed by atoms with Gasteiger partial charge in [0.05, 0.1) is 45.0 Å². The summed E-state index contributed by atoms with van der Waals surface area (Å²) in [6.07, 6.45) is 0.592. The molecule has 1 aliphatic carbocycles. The van der Waals surface area contributed by atoms with Gasteiger partial charge in [-0.25, -0.2) is 4.39 Å². The molecule has 1 heterocycles. The minimum Gasteiger partial charge on any atom is -0.494 e. The van der Waals surface area contributed by atoms with Gasteiger partial charge < -0.3 is 10.1 Å². The largest absolute Gasteiger partial charge is 0.494 e. The highest BCUT2D eigenvalue weighted by Gasteiger charge is 2.51. The average Bonchev–Trinajstić information content (AvgIpc) is 3.19. The summed E-state index contributed by atoms with van der Waals surface area (Å²) in [4.78, 5) is 22.8. The molecule has 0 radical (unpaired) electrons. The van der Waals surface area contributed by atoms with Gasteiger partial charge in [0.15, 0.2) is 0 Å². The second-order valence-corrected chi connectivity index (χ2v) is 10.6. The van der Waals surface area contributed by atoms with Crippen LogP contribution in [-0.4, -0.2) is 27.6 Å². The number of para-hydroxylation sites is 1. The van der Waals surface area contributed by atoms with E-state index in [0.29, 0.717) is 28.3 Å². The van der Waals surface area contributed by atoms with Crippen LogP contribution in [0.15, 0.2) is 65.6 Å². The van der Waals surface area contributed by atoms with Crippen molar-refractivity contribution in [3.8, 4) is 5.75 Å². The van der Waals surface area contributed by atoms with Crippen molar-refractivity contribution < 1.29 is 19.0 Å². The highest BCUT2D eigenvalue weighted by molar-refractivity contribution is 8.00. The first-order chi connectivity index (χ1) is 17.3. The zero-order chi connectivity index (χ0) is 25.6. The summed E-state index contributed by atoms with van der Waals surface area (Å²) >= 11 is 8.43. The van der Waals surface area contributed by atoms with E-state index >= 15 is 0 Å². The molecule has 5 atom stereocenters. The predicted octanol–water partition coefficient (Wildman–Crippen LogP) is 6.69. The van der Waals surface area contributed by atoms with Crippen LogP contribution in [0.1, 0.15) is 29.5 Å². The third kappa shape index (κ3) is 4.24. The Labute approximate surface area is 215 Å². The van der Waals surface area contributed by atoms with Crippen molar-refractivity contribution in [1.29, 1.82) is 0 Å². The van der Waals surface area contributed by atoms with E-state index in [1.165, 1.54) is 49.2 Å². The normalized spacial score (nSPS) is 24.4. The maximum absolute atomic E-state index is 13.7. The van der Waals surface area contributed by atoms with E-state index in [-0.39, 0.29) is 40.3 Å². The Kier molecular flexibility index (Phi) is 6.48. The minimum atomic E-state index is -0.477. The van der Waals surface area contributed by atoms with Crippen LogP contribution in [0.2, 0.25) is 0 Å². The number of nitrogens with one attached hydrogen (secondary N) is 1. The number of thioether (sulfide) groups is 1. The van der Waals surface area contributed by atoms with Gasteiger partial charge in [-0.3, -0.25) is 20.2 Å². The Morgan fingerprint density at radius 2 is 1.81 bits per heavy atom. The summed E-state index contributed by atoms with van der Waals surface area (Å²) in [5.74, 6) is -0.431. The van der Waals surface area contributed by atoms with E-state index in [4.69, 9.17) is 16.3 Å². The van der Waals surface area contributed by atoms with E-state index in [0.717, 1.165) is 5.56 Å². The summed E-state index contributed by atoms with van der Waals surface area (Å²) in [6.45, 7) is 0. The number of nitro groups is 2. The van der Waals surface area contributed by atoms with Gasteiger partial charge in [-0.05, 0) is 41.7 Å². The second kappa shape index (κ2) is 9.59. The molecule has 1 fully saturated rings. The van der Waals surface area contributed by atoms with E-state index in [1.807, 2.05) is 0 Å². The first kappa shape index (κ1) is 24.3. The standard InChI is InChI=1S/C25H21ClFN3O5S/c1-35-19-11-15(29(31)32)10-16-22-17(24(28-25(16)19)13-6-8-14(27)9-7-13)12-21(23(22)26)36-20-5-3-2-4-18(20)30(33)34/h2-11,17,21-24,28H,12H2,1H3/t17-,21+,22-,23-,24-/m1/s1. The lowest BCUT2D eigenvalue weighted by Gasteiger charge is -2.38. The van der Waals surface area contributed by atoms with Crippen LogP contribution in [0, 0.1) is 32.0 Å². The molecular formula is C25H21ClFN3O5S. The van der Waals surface area contributed by atoms with Gasteiger partial charge in [0.2, 0.25) is 0 Å². The average molecular weight is 530 g/mol. The van der Waals surface area contributed by atoms with Crippen LogP contribution in [0.3, 0.4) is 0 Å². The topological polar surface area (TPSA) is 108 Å². The lowest BCUT2D eigenvalue weighted by Crippen LogP contribution is -2.31. The number of non-ortho nitro benzene ring substituents is 1. The molecule has 0 bridgehead atoms. The molecule has 36 heavy (non-hydrogen) atoms. The molecule has 1 aliphatic heterocycles. The van der Waals surface area contributed by atoms with Gasteiger partial charge >= 0.3 is 0 Å². The molecule has 5 rings (SSSR count). The number of nitrogens with zero attached hydrogens (tertiary/aromatic N) is 2. The Hall–Kier alpha value is -3.37. The lowest BCUT2D eigenvalue weighted by atomic mass is 9.77. The molecule has 0 amide bonds. The van der Waals surface area contributed by atoms with Crippen LogP contribution in [-0.2, 0) is 0 Å². The summed E-state index contributed by atoms with van der Waals surface area (Å²) < 4.78 is 19.2. The first-order valence-electron chi connectivity index (χ1n) is 11.2. The minimum absolute atomic E-state index is 0.00663. The Morgan fingerprint density at radius 3 is 2.47 bits per heavy atom. The molecule has 8 nitrogen and oxygen atoms in total. The fraction of sp³-hybridized carbons (Fsp3) is 0.280. The van der Waals surface area contributed by atoms with Gasteiger partial charge in [-0.15, -0.1) is 23.4 Å². The number of benzene rings is 3. The van der Waals surface area contributed by atoms with Crippen LogP contribution in [0.25, 0.3) is 0 Å². The third-order valence-corrected chi connectivity index (χ3v) is 8.98. The molecule has 3 aromatic rings. The van der Waals surface area contributed by atoms with Crippen LogP contribution < -0.4 is 10.1 Å². The zero-order valence-electron chi connectivity index (χ0n) is 19.0. The third-order valence-electron chi connectivity index (χ3n) is 6.87. The number of anilines is 1. The molecule has 186 valence electrons. The highest BCUT2D eigenvalue weighted by Crippen LogP contribution is 2.60. The van der Waals surface area contributed by atoms with E-state index in [1.54, 1.807) is 30.3 Å². The van der Waals surface area contributed by atoms with Gasteiger partial charge in [-0.1, -0.05) is 24.3 Å². The van der Waals surface area contributed by atoms with Crippen LogP contribution >= 0.6 is 23.4 Å². The van der Waals surface area contributed by atoms with E-state index in [2.05, 4.69) is 5.32 Å². The fourth-order valence-corrected chi connectivity index (χ4v) is 7.25. The predicted molar refractivity (Wildman–Crippen MR) is 136 cm³/mol. The summed E-state index contributed by atoms with van der Waals surface area (Å²) in [6, 6.07) is 15.3. The van der Waals surface area contributed by atoms with Crippen molar-refractivity contribution in [2.45, 2.75) is 33.9 Å². The molecular weight excluding hydrogens is 509 g/mol. The molecule has 0 saturated heterocycles. The molecule has 2 aliphatic rings. The fourth-order valence-electron chi connectivity index (χ4n) is 5.31. The number of nitro benzene ring substituents is 2. The summed E-state index contributed by atoms with van der Waals surface area (Å²) in [7, 11) is 1.44. The number of halogens is 2. The van der Waals surface area contributed by atoms with Gasteiger partial charge in [0, 0.05) is 23.3 Å². The smallest absolute Gasteiger partial charge is 0.282 e. The highest BCUT2D eigenvalue weighted by atomic mass is 35.5. The molecule has 0 aromatic heterocycles. The Balaban J connectivity index is 1.60. The van der Waals surface area contributed by atoms with Gasteiger partial charge in [-0.2, -0.15) is 0 Å². The molecule has 3 aromatic carbocycles. The molecule has 1 N–H and O–H groups in total. The number of methoxy groups -OCH3 is 1. The molecule has 0 spiro atoms. The van der Waals surface area contributed by atoms with Crippen molar-refractivity contribution in [2.75, 3.05) is 12.4 Å². The van der Waals surface area contributed by atoms with Crippen LogP contribution in [0.5, 0.6) is 5.75 Å². The second-order valence-electron chi connectivity index (χ2n) is 8.79. The molecule has 0 unspecified atom stereocenters. The van der Waals surface area contributed by atoms with Crippen LogP contribution in [0.4, 0.5) is 21.5 Å². The molecule has 1 saturated carbocycles. The number of hydrogen-bond donors (Lipinski definition) is 1. The van der Waals surface area contributed by atoms with Crippen molar-refractivity contribution >= 4 is 40.4 Å². The SMILES string of the molecule is COc1cc([N+](=O)[O-])cc2c1N[C@H](c1ccc(F)cc1)[C@@H]1C[C@H](Sc3ccccc3[N+](=O)[O-])[C@@H](Cl)[C@H]21. The lowest BCUT2D eigenvalue weighted by molar-refractivity contribution is -0.387. The Bertz CT molecular complexity index is 1340. The number of fused-ring (bicyclic) bond motifs is 3. The monoisotopic (exact) mass is 529 g/mol. The number of hydrogen-bond acceptors (Lipinski definition) is 7. The Morgan fingerprint density at radius 1 is 1.08 bits per heavy atom. The van der Waals surface area contributed by atoms with Crippen molar-refractivity contribution in [3.63, 3.8) is 0 Å². The number of alkyl halides is 1. The van der Waals surface area contributed by atoms with Gasteiger partial charge in [0.25, 0.3) is 11.4 Å². The summed E-state index contributed by atoms with van der Waals surface area (Å²) in [5, 5.41) is 26.0. The summed E-state index contributed by atoms with van der Waals surface area (Å²) in [5.41, 5.74) is 2.03. The zero-order valence-corrected chi connectivity index (χ0v) is 20.5. The maximum atomic E-state index is 13.7. The van der Waals surface area contributed by atoms with Crippen molar-refractivity contribution in [1.82, 2.24) is 0 Å². The molecule has 11 heteroatoms. The van der Waals surface area contributed by atoms with E-state index in [9.17, 15) is 24.6 Å². The maximum Gasteiger partial charge on any atom is 0.282 e. The first-order valence-corrected chi connectivity index (χ1v) is 12.5. The van der Waals surface area contributed by atoms with E-state index < -0.39 is 15.2 Å². The van der Waals surface area contributed by atoms with Gasteiger partial charge in [0.1, 0.15) is 11.6 Å². The number of ether oxygens (including phenoxy) is 1. The van der Waals surface area contributed by atoms with Crippen molar-refractivity contribution in [3.05, 3.63) is 97.8 Å². The van der Waals surface area contributed by atoms with Crippen molar-refractivity contribution in [2.24, 2.45) is 5.92 Å².